The van der Waals surface area contributed by atoms with E-state index < -0.39 is 11.5 Å². The fraction of sp³-hybridized carbons (Fsp3) is 0.562. The Kier molecular flexibility index (Phi) is 4.33. The maximum absolute atomic E-state index is 11.4. The predicted octanol–water partition coefficient (Wildman–Crippen LogP) is 2.67. The average Bonchev–Trinajstić information content (AvgIpc) is 3.17. The molecule has 1 aliphatic carbocycles. The molecule has 1 saturated carbocycles. The van der Waals surface area contributed by atoms with Crippen molar-refractivity contribution in [3.8, 4) is 5.75 Å². The number of rotatable bonds is 7. The van der Waals surface area contributed by atoms with Crippen LogP contribution in [-0.4, -0.2) is 29.3 Å². The van der Waals surface area contributed by atoms with E-state index in [9.17, 15) is 9.90 Å². The zero-order valence-electron chi connectivity index (χ0n) is 12.4. The number of carboxylic acids is 1. The second kappa shape index (κ2) is 5.83. The van der Waals surface area contributed by atoms with E-state index in [1.165, 1.54) is 11.1 Å². The topological polar surface area (TPSA) is 58.6 Å². The molecule has 1 atom stereocenters. The molecule has 1 fully saturated rings. The molecule has 0 aromatic heterocycles. The number of benzene rings is 1. The van der Waals surface area contributed by atoms with Gasteiger partial charge >= 0.3 is 5.97 Å². The van der Waals surface area contributed by atoms with Gasteiger partial charge in [-0.15, -0.1) is 0 Å². The molecule has 0 spiro atoms. The molecule has 0 aliphatic heterocycles. The highest BCUT2D eigenvalue weighted by Crippen LogP contribution is 2.25. The maximum Gasteiger partial charge on any atom is 0.323 e. The van der Waals surface area contributed by atoms with Crippen LogP contribution in [0.3, 0.4) is 0 Å². The number of aliphatic carboxylic acids is 1. The molecule has 4 nitrogen and oxygen atoms in total. The van der Waals surface area contributed by atoms with Crippen molar-refractivity contribution < 1.29 is 14.6 Å². The Labute approximate surface area is 120 Å². The normalized spacial score (nSPS) is 17.6. The Bertz CT molecular complexity index is 496. The number of hydrogen-bond donors (Lipinski definition) is 2. The smallest absolute Gasteiger partial charge is 0.323 e. The fourth-order valence-corrected chi connectivity index (χ4v) is 2.10. The fourth-order valence-electron chi connectivity index (χ4n) is 2.10. The van der Waals surface area contributed by atoms with Crippen LogP contribution in [0.2, 0.25) is 0 Å². The number of ether oxygens (including phenoxy) is 1. The van der Waals surface area contributed by atoms with Crippen LogP contribution in [0.1, 0.15) is 37.3 Å². The number of hydrogen-bond acceptors (Lipinski definition) is 3. The summed E-state index contributed by atoms with van der Waals surface area (Å²) in [6.07, 6.45) is 2.59. The standard InChI is InChI=1S/C16H23NO3/c1-11-4-7-14(10-12(11)2)20-9-8-16(3,15(18)19)17-13-5-6-13/h4,7,10,13,17H,5-6,8-9H2,1-3H3,(H,18,19). The van der Waals surface area contributed by atoms with E-state index in [4.69, 9.17) is 4.74 Å². The first-order chi connectivity index (χ1) is 9.40. The maximum atomic E-state index is 11.4. The zero-order chi connectivity index (χ0) is 14.8. The minimum atomic E-state index is -0.902. The third kappa shape index (κ3) is 3.73. The van der Waals surface area contributed by atoms with Gasteiger partial charge in [0.2, 0.25) is 0 Å². The molecule has 1 aliphatic rings. The third-order valence-electron chi connectivity index (χ3n) is 3.92. The van der Waals surface area contributed by atoms with E-state index in [-0.39, 0.29) is 0 Å². The van der Waals surface area contributed by atoms with Crippen molar-refractivity contribution in [1.82, 2.24) is 5.32 Å². The summed E-state index contributed by atoms with van der Waals surface area (Å²) >= 11 is 0. The Balaban J connectivity index is 1.89. The monoisotopic (exact) mass is 277 g/mol. The Morgan fingerprint density at radius 1 is 1.40 bits per heavy atom. The summed E-state index contributed by atoms with van der Waals surface area (Å²) in [5.41, 5.74) is 1.50. The first-order valence-corrected chi connectivity index (χ1v) is 7.12. The van der Waals surface area contributed by atoms with E-state index in [0.717, 1.165) is 18.6 Å². The molecule has 20 heavy (non-hydrogen) atoms. The second-order valence-electron chi connectivity index (χ2n) is 5.90. The van der Waals surface area contributed by atoms with Gasteiger partial charge in [0.25, 0.3) is 0 Å². The molecule has 1 aromatic rings. The molecule has 0 saturated heterocycles. The number of nitrogens with one attached hydrogen (secondary N) is 1. The van der Waals surface area contributed by atoms with Crippen LogP contribution in [0, 0.1) is 13.8 Å². The van der Waals surface area contributed by atoms with Gasteiger partial charge in [0.05, 0.1) is 6.61 Å². The van der Waals surface area contributed by atoms with Crippen LogP contribution >= 0.6 is 0 Å². The van der Waals surface area contributed by atoms with Gasteiger partial charge in [-0.25, -0.2) is 0 Å². The van der Waals surface area contributed by atoms with Crippen molar-refractivity contribution in [2.75, 3.05) is 6.61 Å². The molecule has 2 rings (SSSR count). The summed E-state index contributed by atoms with van der Waals surface area (Å²) in [5.74, 6) is -0.0136. The molecule has 1 aromatic carbocycles. The van der Waals surface area contributed by atoms with Crippen LogP contribution in [0.25, 0.3) is 0 Å². The van der Waals surface area contributed by atoms with Crippen molar-refractivity contribution in [1.29, 1.82) is 0 Å². The van der Waals surface area contributed by atoms with Gasteiger partial charge in [0, 0.05) is 12.5 Å². The summed E-state index contributed by atoms with van der Waals surface area (Å²) in [6.45, 7) is 6.22. The van der Waals surface area contributed by atoms with E-state index in [1.807, 2.05) is 25.1 Å². The molecular formula is C16H23NO3. The van der Waals surface area contributed by atoms with Crippen LogP contribution in [0.5, 0.6) is 5.75 Å². The Morgan fingerprint density at radius 3 is 2.65 bits per heavy atom. The van der Waals surface area contributed by atoms with Gasteiger partial charge in [-0.1, -0.05) is 6.07 Å². The van der Waals surface area contributed by atoms with Gasteiger partial charge < -0.3 is 9.84 Å². The largest absolute Gasteiger partial charge is 0.493 e. The first-order valence-electron chi connectivity index (χ1n) is 7.12. The van der Waals surface area contributed by atoms with E-state index in [2.05, 4.69) is 12.2 Å². The van der Waals surface area contributed by atoms with Crippen molar-refractivity contribution in [3.05, 3.63) is 29.3 Å². The molecule has 1 unspecified atom stereocenters. The highest BCUT2D eigenvalue weighted by molar-refractivity contribution is 5.78. The summed E-state index contributed by atoms with van der Waals surface area (Å²) in [6, 6.07) is 6.29. The predicted molar refractivity (Wildman–Crippen MR) is 78.2 cm³/mol. The summed E-state index contributed by atoms with van der Waals surface area (Å²) in [5, 5.41) is 12.6. The minimum absolute atomic E-state index is 0.359. The van der Waals surface area contributed by atoms with Gasteiger partial charge in [0.15, 0.2) is 0 Å². The average molecular weight is 277 g/mol. The minimum Gasteiger partial charge on any atom is -0.493 e. The van der Waals surface area contributed by atoms with E-state index in [0.29, 0.717) is 19.1 Å². The van der Waals surface area contributed by atoms with Crippen molar-refractivity contribution >= 4 is 5.97 Å². The molecule has 0 amide bonds. The van der Waals surface area contributed by atoms with Gasteiger partial charge in [-0.05, 0) is 56.9 Å². The van der Waals surface area contributed by atoms with Crippen LogP contribution in [0.15, 0.2) is 18.2 Å². The Hall–Kier alpha value is -1.55. The summed E-state index contributed by atoms with van der Waals surface area (Å²) in [7, 11) is 0. The van der Waals surface area contributed by atoms with E-state index in [1.54, 1.807) is 6.92 Å². The Morgan fingerprint density at radius 2 is 2.10 bits per heavy atom. The zero-order valence-corrected chi connectivity index (χ0v) is 12.4. The SMILES string of the molecule is Cc1ccc(OCCC(C)(NC2CC2)C(=O)O)cc1C. The first kappa shape index (κ1) is 14.9. The van der Waals surface area contributed by atoms with Gasteiger partial charge in [0.1, 0.15) is 11.3 Å². The number of carboxylic acid groups (broad SMARTS) is 1. The molecule has 0 radical (unpaired) electrons. The van der Waals surface area contributed by atoms with Crippen molar-refractivity contribution in [2.45, 2.75) is 51.6 Å². The molecular weight excluding hydrogens is 254 g/mol. The van der Waals surface area contributed by atoms with Crippen molar-refractivity contribution in [2.24, 2.45) is 0 Å². The highest BCUT2D eigenvalue weighted by atomic mass is 16.5. The lowest BCUT2D eigenvalue weighted by Gasteiger charge is -2.26. The lowest BCUT2D eigenvalue weighted by molar-refractivity contribution is -0.144. The second-order valence-corrected chi connectivity index (χ2v) is 5.90. The van der Waals surface area contributed by atoms with Crippen LogP contribution < -0.4 is 10.1 Å². The molecule has 0 bridgehead atoms. The molecule has 110 valence electrons. The lowest BCUT2D eigenvalue weighted by Crippen LogP contribution is -2.51. The van der Waals surface area contributed by atoms with Crippen LogP contribution in [0.4, 0.5) is 0 Å². The summed E-state index contributed by atoms with van der Waals surface area (Å²) in [4.78, 5) is 11.4. The number of aryl methyl sites for hydroxylation is 2. The quantitative estimate of drug-likeness (QED) is 0.804. The molecule has 2 N–H and O–H groups in total. The van der Waals surface area contributed by atoms with Crippen molar-refractivity contribution in [3.63, 3.8) is 0 Å². The van der Waals surface area contributed by atoms with Gasteiger partial charge in [-0.2, -0.15) is 0 Å². The highest BCUT2D eigenvalue weighted by Gasteiger charge is 2.38. The molecule has 4 heteroatoms. The lowest BCUT2D eigenvalue weighted by atomic mass is 9.98. The van der Waals surface area contributed by atoms with Gasteiger partial charge in [-0.3, -0.25) is 10.1 Å². The molecule has 0 heterocycles. The number of carbonyl (C=O) groups is 1. The van der Waals surface area contributed by atoms with E-state index >= 15 is 0 Å². The third-order valence-corrected chi connectivity index (χ3v) is 3.92. The summed E-state index contributed by atoms with van der Waals surface area (Å²) < 4.78 is 5.69. The van der Waals surface area contributed by atoms with Crippen LogP contribution in [-0.2, 0) is 4.79 Å².